The first-order valence-electron chi connectivity index (χ1n) is 6.38. The molecule has 1 N–H and O–H groups in total. The van der Waals surface area contributed by atoms with Crippen LogP contribution in [-0.2, 0) is 0 Å². The average Bonchev–Trinajstić information content (AvgIpc) is 2.85. The second-order valence-electron chi connectivity index (χ2n) is 5.24. The molecule has 16 heavy (non-hydrogen) atoms. The van der Waals surface area contributed by atoms with Gasteiger partial charge in [-0.2, -0.15) is 0 Å². The number of allylic oxidation sites excluding steroid dienone is 4. The number of fused-ring (bicyclic) bond motifs is 2. The minimum atomic E-state index is 0.441. The standard InChI is InChI=1S/C15H20N/c1-4-6-12-10(3)15(8-11-7-13(11)15)9-14(12)16-5-2/h4,6-7,14,16H,5,8-9H2,1-3H3/b6-4-. The zero-order valence-electron chi connectivity index (χ0n) is 10.4. The van der Waals surface area contributed by atoms with Gasteiger partial charge in [-0.1, -0.05) is 36.3 Å². The molecule has 0 saturated heterocycles. The molecule has 0 aromatic carbocycles. The number of likely N-dealkylation sites (N-methyl/N-ethyl adjacent to an activating group) is 1. The molecule has 0 aromatic heterocycles. The Morgan fingerprint density at radius 2 is 2.38 bits per heavy atom. The predicted octanol–water partition coefficient (Wildman–Crippen LogP) is 3.17. The molecule has 2 unspecified atom stereocenters. The second-order valence-corrected chi connectivity index (χ2v) is 5.24. The monoisotopic (exact) mass is 214 g/mol. The molecule has 3 rings (SSSR count). The fourth-order valence-electron chi connectivity index (χ4n) is 3.56. The van der Waals surface area contributed by atoms with Gasteiger partial charge in [0.1, 0.15) is 0 Å². The van der Waals surface area contributed by atoms with E-state index in [0.717, 1.165) is 6.54 Å². The largest absolute Gasteiger partial charge is 0.310 e. The van der Waals surface area contributed by atoms with Gasteiger partial charge in [0, 0.05) is 17.4 Å². The number of rotatable bonds is 3. The molecular weight excluding hydrogens is 194 g/mol. The maximum absolute atomic E-state index is 3.63. The van der Waals surface area contributed by atoms with Crippen molar-refractivity contribution in [1.82, 2.24) is 5.32 Å². The highest BCUT2D eigenvalue weighted by Crippen LogP contribution is 2.71. The zero-order chi connectivity index (χ0) is 11.3. The van der Waals surface area contributed by atoms with E-state index in [1.165, 1.54) is 18.4 Å². The van der Waals surface area contributed by atoms with Crippen LogP contribution in [0, 0.1) is 11.3 Å². The van der Waals surface area contributed by atoms with Crippen molar-refractivity contribution in [2.75, 3.05) is 6.54 Å². The first-order chi connectivity index (χ1) is 7.73. The van der Waals surface area contributed by atoms with Gasteiger partial charge in [-0.15, -0.1) is 0 Å². The Kier molecular flexibility index (Phi) is 2.16. The van der Waals surface area contributed by atoms with Crippen molar-refractivity contribution in [2.24, 2.45) is 5.41 Å². The molecule has 0 heterocycles. The minimum absolute atomic E-state index is 0.441. The van der Waals surface area contributed by atoms with Crippen LogP contribution < -0.4 is 5.32 Å². The van der Waals surface area contributed by atoms with E-state index in [9.17, 15) is 0 Å². The lowest BCUT2D eigenvalue weighted by Gasteiger charge is -2.39. The Morgan fingerprint density at radius 3 is 2.88 bits per heavy atom. The van der Waals surface area contributed by atoms with Gasteiger partial charge >= 0.3 is 0 Å². The summed E-state index contributed by atoms with van der Waals surface area (Å²) in [5.74, 6) is 1.66. The van der Waals surface area contributed by atoms with Gasteiger partial charge in [0.05, 0.1) is 0 Å². The number of hydrogen-bond donors (Lipinski definition) is 1. The van der Waals surface area contributed by atoms with E-state index in [2.05, 4.69) is 44.3 Å². The molecule has 0 bridgehead atoms. The first-order valence-corrected chi connectivity index (χ1v) is 6.38. The highest BCUT2D eigenvalue weighted by atomic mass is 14.9. The summed E-state index contributed by atoms with van der Waals surface area (Å²) in [5.41, 5.74) is 5.23. The molecule has 2 atom stereocenters. The van der Waals surface area contributed by atoms with Crippen molar-refractivity contribution in [2.45, 2.75) is 39.7 Å². The summed E-state index contributed by atoms with van der Waals surface area (Å²) in [4.78, 5) is 0. The Balaban J connectivity index is 1.90. The van der Waals surface area contributed by atoms with Crippen LogP contribution in [0.5, 0.6) is 0 Å². The fraction of sp³-hybridized carbons (Fsp3) is 0.533. The summed E-state index contributed by atoms with van der Waals surface area (Å²) in [7, 11) is 0. The number of hydrogen-bond acceptors (Lipinski definition) is 1. The van der Waals surface area contributed by atoms with E-state index >= 15 is 0 Å². The summed E-state index contributed by atoms with van der Waals surface area (Å²) in [5, 5.41) is 3.63. The predicted molar refractivity (Wildman–Crippen MR) is 68.0 cm³/mol. The lowest BCUT2D eigenvalue weighted by molar-refractivity contribution is 0.330. The Labute approximate surface area is 98.3 Å². The van der Waals surface area contributed by atoms with E-state index < -0.39 is 0 Å². The fourth-order valence-corrected chi connectivity index (χ4v) is 3.56. The van der Waals surface area contributed by atoms with Gasteiger partial charge in [-0.05, 0) is 38.8 Å². The number of nitrogens with one attached hydrogen (secondary N) is 1. The first kappa shape index (κ1) is 10.3. The van der Waals surface area contributed by atoms with Crippen LogP contribution in [-0.4, -0.2) is 12.6 Å². The van der Waals surface area contributed by atoms with Crippen LogP contribution in [0.2, 0.25) is 0 Å². The zero-order valence-corrected chi connectivity index (χ0v) is 10.4. The van der Waals surface area contributed by atoms with E-state index in [-0.39, 0.29) is 0 Å². The Hall–Kier alpha value is -0.820. The third-order valence-corrected chi connectivity index (χ3v) is 4.46. The van der Waals surface area contributed by atoms with E-state index in [0.29, 0.717) is 11.5 Å². The molecule has 85 valence electrons. The van der Waals surface area contributed by atoms with E-state index in [1.807, 2.05) is 0 Å². The van der Waals surface area contributed by atoms with Crippen molar-refractivity contribution >= 4 is 0 Å². The normalized spacial score (nSPS) is 36.9. The second kappa shape index (κ2) is 3.33. The molecule has 0 aliphatic heterocycles. The molecule has 1 saturated carbocycles. The maximum atomic E-state index is 3.63. The summed E-state index contributed by atoms with van der Waals surface area (Å²) in [6, 6.07) is 0.573. The van der Waals surface area contributed by atoms with Gasteiger partial charge in [-0.3, -0.25) is 0 Å². The van der Waals surface area contributed by atoms with Gasteiger partial charge < -0.3 is 5.32 Å². The van der Waals surface area contributed by atoms with Gasteiger partial charge in [0.15, 0.2) is 0 Å². The van der Waals surface area contributed by atoms with Crippen LogP contribution in [0.4, 0.5) is 0 Å². The lowest BCUT2D eigenvalue weighted by Crippen LogP contribution is -2.35. The summed E-state index contributed by atoms with van der Waals surface area (Å²) < 4.78 is 0. The summed E-state index contributed by atoms with van der Waals surface area (Å²) >= 11 is 0. The molecule has 1 fully saturated rings. The molecule has 3 aliphatic rings. The van der Waals surface area contributed by atoms with Gasteiger partial charge in [-0.25, -0.2) is 0 Å². The van der Waals surface area contributed by atoms with Crippen LogP contribution in [0.3, 0.4) is 0 Å². The third kappa shape index (κ3) is 1.15. The topological polar surface area (TPSA) is 12.0 Å². The van der Waals surface area contributed by atoms with Crippen LogP contribution in [0.1, 0.15) is 33.6 Å². The minimum Gasteiger partial charge on any atom is -0.310 e. The van der Waals surface area contributed by atoms with Crippen molar-refractivity contribution in [1.29, 1.82) is 0 Å². The van der Waals surface area contributed by atoms with Crippen LogP contribution in [0.15, 0.2) is 34.9 Å². The lowest BCUT2D eigenvalue weighted by atomic mass is 9.63. The van der Waals surface area contributed by atoms with Crippen molar-refractivity contribution in [3.8, 4) is 0 Å². The SMILES string of the molecule is C/C=C\C1=C(C)C2(CC3=C[C]32)CC1NCC. The average molecular weight is 214 g/mol. The third-order valence-electron chi connectivity index (χ3n) is 4.46. The molecule has 1 heteroatoms. The highest BCUT2D eigenvalue weighted by Gasteiger charge is 2.61. The molecule has 0 amide bonds. The summed E-state index contributed by atoms with van der Waals surface area (Å²) in [6.07, 6.45) is 9.45. The molecular formula is C15H20N. The maximum Gasteiger partial charge on any atom is 0.0329 e. The van der Waals surface area contributed by atoms with E-state index in [4.69, 9.17) is 0 Å². The van der Waals surface area contributed by atoms with Crippen molar-refractivity contribution < 1.29 is 0 Å². The van der Waals surface area contributed by atoms with Crippen LogP contribution in [0.25, 0.3) is 0 Å². The van der Waals surface area contributed by atoms with Crippen LogP contribution >= 0.6 is 0 Å². The molecule has 1 nitrogen and oxygen atoms in total. The highest BCUT2D eigenvalue weighted by molar-refractivity contribution is 5.70. The van der Waals surface area contributed by atoms with Crippen molar-refractivity contribution in [3.05, 3.63) is 40.9 Å². The molecule has 0 aromatic rings. The molecule has 3 aliphatic carbocycles. The molecule has 1 spiro atoms. The van der Waals surface area contributed by atoms with Gasteiger partial charge in [0.2, 0.25) is 0 Å². The smallest absolute Gasteiger partial charge is 0.0329 e. The van der Waals surface area contributed by atoms with Crippen molar-refractivity contribution in [3.63, 3.8) is 0 Å². The summed E-state index contributed by atoms with van der Waals surface area (Å²) in [6.45, 7) is 7.71. The quantitative estimate of drug-likeness (QED) is 0.761. The molecule has 1 radical (unpaired) electrons. The Morgan fingerprint density at radius 1 is 1.56 bits per heavy atom. The van der Waals surface area contributed by atoms with Gasteiger partial charge in [0.25, 0.3) is 0 Å². The Bertz CT molecular complexity index is 413. The van der Waals surface area contributed by atoms with E-state index in [1.54, 1.807) is 17.1 Å².